The summed E-state index contributed by atoms with van der Waals surface area (Å²) >= 11 is 1.89. The molecule has 0 aliphatic rings. The maximum atomic E-state index is 2.47. The molecule has 47 heavy (non-hydrogen) atoms. The standard InChI is InChI=1S/C32H23NS.C13H12/c1-20-10-6-7-13-23(20)24-16-17-26-30-27(33(32(26)21(24)2)22-11-4-3-5-12-22)18-19-29-31(30)25-14-8-9-15-28(25)34-29;1-11-7-9-13(10-8-11)12-5-3-2-4-6-12/h3-19H,1-2H3;2-10H,1H3. The Morgan fingerprint density at radius 1 is 0.447 bits per heavy atom. The first-order valence-corrected chi connectivity index (χ1v) is 17.0. The molecule has 0 fully saturated rings. The van der Waals surface area contributed by atoms with Gasteiger partial charge in [0.25, 0.3) is 0 Å². The van der Waals surface area contributed by atoms with Crippen LogP contribution in [0, 0.1) is 20.8 Å². The van der Waals surface area contributed by atoms with Crippen molar-refractivity contribution in [3.63, 3.8) is 0 Å². The molecule has 1 nitrogen and oxygen atoms in total. The van der Waals surface area contributed by atoms with Crippen LogP contribution >= 0.6 is 11.3 Å². The number of hydrogen-bond acceptors (Lipinski definition) is 1. The van der Waals surface area contributed by atoms with E-state index >= 15 is 0 Å². The Kier molecular flexibility index (Phi) is 7.44. The number of aromatic nitrogens is 1. The average Bonchev–Trinajstić information content (AvgIpc) is 3.66. The molecule has 0 amide bonds. The van der Waals surface area contributed by atoms with E-state index in [0.717, 1.165) is 0 Å². The number of rotatable bonds is 3. The van der Waals surface area contributed by atoms with Gasteiger partial charge in [0.15, 0.2) is 0 Å². The third-order valence-electron chi connectivity index (χ3n) is 9.29. The zero-order valence-electron chi connectivity index (χ0n) is 26.9. The Bertz CT molecular complexity index is 2520. The van der Waals surface area contributed by atoms with E-state index < -0.39 is 0 Å². The van der Waals surface area contributed by atoms with E-state index in [9.17, 15) is 0 Å². The summed E-state index contributed by atoms with van der Waals surface area (Å²) in [6.45, 7) is 6.59. The third-order valence-corrected chi connectivity index (χ3v) is 10.4. The summed E-state index contributed by atoms with van der Waals surface area (Å²) in [5.74, 6) is 0. The van der Waals surface area contributed by atoms with Gasteiger partial charge in [-0.3, -0.25) is 0 Å². The molecule has 0 saturated heterocycles. The van der Waals surface area contributed by atoms with Crippen molar-refractivity contribution in [1.82, 2.24) is 4.57 Å². The first-order valence-electron chi connectivity index (χ1n) is 16.2. The van der Waals surface area contributed by atoms with Gasteiger partial charge in [0.1, 0.15) is 0 Å². The molecule has 0 aliphatic heterocycles. The lowest BCUT2D eigenvalue weighted by molar-refractivity contribution is 1.17. The highest BCUT2D eigenvalue weighted by atomic mass is 32.1. The molecule has 0 atom stereocenters. The number of nitrogens with zero attached hydrogens (tertiary/aromatic N) is 1. The van der Waals surface area contributed by atoms with E-state index in [0.29, 0.717) is 0 Å². The molecule has 9 aromatic rings. The highest BCUT2D eigenvalue weighted by Crippen LogP contribution is 2.45. The SMILES string of the molecule is Cc1ccc(-c2ccccc2)cc1.Cc1ccccc1-c1ccc2c3c4c(ccc3n(-c3ccccc3)c2c1C)sc1ccccc14. The summed E-state index contributed by atoms with van der Waals surface area (Å²) in [6, 6.07) is 56.6. The second-order valence-corrected chi connectivity index (χ2v) is 13.4. The van der Waals surface area contributed by atoms with Gasteiger partial charge < -0.3 is 4.57 Å². The monoisotopic (exact) mass is 621 g/mol. The van der Waals surface area contributed by atoms with E-state index in [2.05, 4.69) is 177 Å². The maximum Gasteiger partial charge on any atom is 0.0576 e. The summed E-state index contributed by atoms with van der Waals surface area (Å²) < 4.78 is 5.16. The lowest BCUT2D eigenvalue weighted by Gasteiger charge is -2.14. The van der Waals surface area contributed by atoms with Crippen LogP contribution < -0.4 is 0 Å². The summed E-state index contributed by atoms with van der Waals surface area (Å²) in [7, 11) is 0. The van der Waals surface area contributed by atoms with Crippen molar-refractivity contribution in [2.75, 3.05) is 0 Å². The van der Waals surface area contributed by atoms with Gasteiger partial charge in [0.05, 0.1) is 11.0 Å². The van der Waals surface area contributed by atoms with Gasteiger partial charge in [0, 0.05) is 36.6 Å². The number of thiophene rings is 1. The maximum absolute atomic E-state index is 2.47. The van der Waals surface area contributed by atoms with Crippen molar-refractivity contribution in [1.29, 1.82) is 0 Å². The highest BCUT2D eigenvalue weighted by molar-refractivity contribution is 7.26. The predicted octanol–water partition coefficient (Wildman–Crippen LogP) is 13.1. The second kappa shape index (κ2) is 12.1. The third kappa shape index (κ3) is 5.12. The normalized spacial score (nSPS) is 11.3. The van der Waals surface area contributed by atoms with E-state index in [1.165, 1.54) is 86.6 Å². The lowest BCUT2D eigenvalue weighted by Crippen LogP contribution is -1.96. The van der Waals surface area contributed by atoms with Crippen molar-refractivity contribution in [3.8, 4) is 27.9 Å². The molecule has 7 aromatic carbocycles. The second-order valence-electron chi connectivity index (χ2n) is 12.3. The molecule has 226 valence electrons. The molecule has 0 N–H and O–H groups in total. The fraction of sp³-hybridized carbons (Fsp3) is 0.0667. The van der Waals surface area contributed by atoms with Crippen LogP contribution in [-0.2, 0) is 0 Å². The van der Waals surface area contributed by atoms with Crippen molar-refractivity contribution in [2.24, 2.45) is 0 Å². The first-order chi connectivity index (χ1) is 23.1. The zero-order valence-corrected chi connectivity index (χ0v) is 27.7. The lowest BCUT2D eigenvalue weighted by atomic mass is 9.94. The van der Waals surface area contributed by atoms with Gasteiger partial charge in [-0.05, 0) is 84.5 Å². The molecule has 0 radical (unpaired) electrons. The number of benzene rings is 7. The minimum atomic E-state index is 1.20. The zero-order chi connectivity index (χ0) is 31.9. The molecule has 2 heterocycles. The summed E-state index contributed by atoms with van der Waals surface area (Å²) in [4.78, 5) is 0. The molecule has 2 heteroatoms. The summed E-state index contributed by atoms with van der Waals surface area (Å²) in [5.41, 5.74) is 12.9. The molecule has 0 saturated carbocycles. The van der Waals surface area contributed by atoms with Gasteiger partial charge >= 0.3 is 0 Å². The van der Waals surface area contributed by atoms with Crippen LogP contribution in [0.1, 0.15) is 16.7 Å². The fourth-order valence-corrected chi connectivity index (χ4v) is 8.08. The van der Waals surface area contributed by atoms with Crippen LogP contribution in [0.15, 0.2) is 158 Å². The van der Waals surface area contributed by atoms with Gasteiger partial charge in [-0.2, -0.15) is 0 Å². The van der Waals surface area contributed by atoms with Crippen molar-refractivity contribution >= 4 is 53.3 Å². The average molecular weight is 622 g/mol. The van der Waals surface area contributed by atoms with Crippen LogP contribution in [0.3, 0.4) is 0 Å². The quantitative estimate of drug-likeness (QED) is 0.185. The van der Waals surface area contributed by atoms with Crippen LogP contribution in [0.2, 0.25) is 0 Å². The van der Waals surface area contributed by atoms with Gasteiger partial charge in [-0.15, -0.1) is 11.3 Å². The Morgan fingerprint density at radius 3 is 1.87 bits per heavy atom. The number of hydrogen-bond donors (Lipinski definition) is 0. The van der Waals surface area contributed by atoms with E-state index in [4.69, 9.17) is 0 Å². The van der Waals surface area contributed by atoms with E-state index in [-0.39, 0.29) is 0 Å². The number of aryl methyl sites for hydroxylation is 3. The largest absolute Gasteiger partial charge is 0.309 e. The summed E-state index contributed by atoms with van der Waals surface area (Å²) in [6.07, 6.45) is 0. The number of fused-ring (bicyclic) bond motifs is 7. The van der Waals surface area contributed by atoms with Crippen molar-refractivity contribution < 1.29 is 0 Å². The molecule has 0 unspecified atom stereocenters. The van der Waals surface area contributed by atoms with E-state index in [1.807, 2.05) is 17.4 Å². The first kappa shape index (κ1) is 29.0. The molecule has 0 spiro atoms. The predicted molar refractivity (Wildman–Crippen MR) is 205 cm³/mol. The Labute approximate surface area is 280 Å². The van der Waals surface area contributed by atoms with Crippen molar-refractivity contribution in [2.45, 2.75) is 20.8 Å². The molecule has 0 aliphatic carbocycles. The van der Waals surface area contributed by atoms with Gasteiger partial charge in [-0.25, -0.2) is 0 Å². The minimum Gasteiger partial charge on any atom is -0.309 e. The molecular weight excluding hydrogens is 587 g/mol. The van der Waals surface area contributed by atoms with Gasteiger partial charge in [0.2, 0.25) is 0 Å². The molecule has 9 rings (SSSR count). The Hall–Kier alpha value is -5.44. The fourth-order valence-electron chi connectivity index (χ4n) is 6.96. The minimum absolute atomic E-state index is 1.20. The summed E-state index contributed by atoms with van der Waals surface area (Å²) in [5, 5.41) is 5.40. The van der Waals surface area contributed by atoms with E-state index in [1.54, 1.807) is 0 Å². The van der Waals surface area contributed by atoms with Gasteiger partial charge in [-0.1, -0.05) is 133 Å². The molecule has 2 aromatic heterocycles. The smallest absolute Gasteiger partial charge is 0.0576 e. The van der Waals surface area contributed by atoms with Crippen LogP contribution in [-0.4, -0.2) is 4.57 Å². The molecular formula is C45H35NS. The Balaban J connectivity index is 0.000000209. The van der Waals surface area contributed by atoms with Crippen LogP contribution in [0.5, 0.6) is 0 Å². The van der Waals surface area contributed by atoms with Crippen molar-refractivity contribution in [3.05, 3.63) is 174 Å². The highest BCUT2D eigenvalue weighted by Gasteiger charge is 2.20. The van der Waals surface area contributed by atoms with Crippen LogP contribution in [0.25, 0.3) is 69.9 Å². The number of para-hydroxylation sites is 1. The van der Waals surface area contributed by atoms with Crippen LogP contribution in [0.4, 0.5) is 0 Å². The topological polar surface area (TPSA) is 4.93 Å². The Morgan fingerprint density at radius 2 is 1.11 bits per heavy atom. The molecule has 0 bridgehead atoms.